The summed E-state index contributed by atoms with van der Waals surface area (Å²) in [6, 6.07) is 6.25. The smallest absolute Gasteiger partial charge is 0.207 e. The van der Waals surface area contributed by atoms with E-state index in [0.29, 0.717) is 0 Å². The Morgan fingerprint density at radius 3 is 2.22 bits per heavy atom. The van der Waals surface area contributed by atoms with Gasteiger partial charge in [0.1, 0.15) is 5.82 Å². The first-order chi connectivity index (χ1) is 4.33. The Balaban J connectivity index is 3.01. The van der Waals surface area contributed by atoms with Crippen molar-refractivity contribution in [3.63, 3.8) is 0 Å². The van der Waals surface area contributed by atoms with Gasteiger partial charge in [-0.2, -0.15) is 0 Å². The Morgan fingerprint density at radius 2 is 1.78 bits per heavy atom. The third-order valence-electron chi connectivity index (χ3n) is 0.980. The van der Waals surface area contributed by atoms with E-state index in [9.17, 15) is 4.39 Å². The monoisotopic (exact) mass is 141 g/mol. The van der Waals surface area contributed by atoms with Gasteiger partial charge in [0.25, 0.3) is 0 Å². The summed E-state index contributed by atoms with van der Waals surface area (Å²) in [6.07, 6.45) is 0. The van der Waals surface area contributed by atoms with Crippen molar-refractivity contribution in [2.24, 2.45) is 0 Å². The second kappa shape index (κ2) is 2.69. The average molecular weight is 141 g/mol. The van der Waals surface area contributed by atoms with E-state index in [1.54, 1.807) is 12.1 Å². The summed E-state index contributed by atoms with van der Waals surface area (Å²) in [5, 5.41) is 0. The molecule has 0 fully saturated rings. The predicted octanol–water partition coefficient (Wildman–Crippen LogP) is 1.70. The van der Waals surface area contributed by atoms with Crippen LogP contribution in [0.3, 0.4) is 0 Å². The quantitative estimate of drug-likeness (QED) is 0.412. The first-order valence-corrected chi connectivity index (χ1v) is 3.49. The lowest BCUT2D eigenvalue weighted by molar-refractivity contribution is 0.626. The molecular formula is C7H6FS+. The SMILES string of the molecule is C=[S+]c1ccc(F)cc1. The van der Waals surface area contributed by atoms with Crippen LogP contribution < -0.4 is 0 Å². The standard InChI is InChI=1S/C7H6FS/c1-9-7-4-2-6(8)3-5-7/h2-5H,1H2/q+1. The highest BCUT2D eigenvalue weighted by molar-refractivity contribution is 7.76. The molecule has 0 N–H and O–H groups in total. The van der Waals surface area contributed by atoms with Crippen molar-refractivity contribution in [3.8, 4) is 0 Å². The summed E-state index contributed by atoms with van der Waals surface area (Å²) in [6.45, 7) is 0. The largest absolute Gasteiger partial charge is 0.230 e. The number of benzene rings is 1. The van der Waals surface area contributed by atoms with Crippen molar-refractivity contribution in [1.82, 2.24) is 0 Å². The Labute approximate surface area is 57.3 Å². The van der Waals surface area contributed by atoms with Gasteiger partial charge in [0.15, 0.2) is 5.87 Å². The molecule has 1 aromatic rings. The van der Waals surface area contributed by atoms with E-state index in [0.717, 1.165) is 4.90 Å². The molecule has 0 saturated heterocycles. The topological polar surface area (TPSA) is 0 Å². The molecule has 1 aromatic carbocycles. The summed E-state index contributed by atoms with van der Waals surface area (Å²) >= 11 is 1.36. The van der Waals surface area contributed by atoms with E-state index < -0.39 is 0 Å². The van der Waals surface area contributed by atoms with Gasteiger partial charge in [-0.05, 0) is 12.1 Å². The van der Waals surface area contributed by atoms with E-state index >= 15 is 0 Å². The van der Waals surface area contributed by atoms with Gasteiger partial charge in [0, 0.05) is 12.1 Å². The van der Waals surface area contributed by atoms with Crippen LogP contribution in [0.5, 0.6) is 0 Å². The number of halogens is 1. The predicted molar refractivity (Wildman–Crippen MR) is 39.2 cm³/mol. The van der Waals surface area contributed by atoms with Crippen LogP contribution in [0, 0.1) is 5.82 Å². The van der Waals surface area contributed by atoms with Gasteiger partial charge in [-0.25, -0.2) is 4.39 Å². The normalized spacial score (nSPS) is 9.00. The van der Waals surface area contributed by atoms with E-state index in [2.05, 4.69) is 5.87 Å². The van der Waals surface area contributed by atoms with E-state index in [4.69, 9.17) is 0 Å². The summed E-state index contributed by atoms with van der Waals surface area (Å²) in [7, 11) is 0. The van der Waals surface area contributed by atoms with Crippen molar-refractivity contribution in [2.75, 3.05) is 0 Å². The number of rotatable bonds is 1. The molecule has 0 aliphatic carbocycles. The first kappa shape index (κ1) is 6.36. The zero-order valence-electron chi connectivity index (χ0n) is 4.80. The molecule has 0 aliphatic rings. The third-order valence-corrected chi connectivity index (χ3v) is 1.59. The summed E-state index contributed by atoms with van der Waals surface area (Å²) in [5.74, 6) is 3.38. The summed E-state index contributed by atoms with van der Waals surface area (Å²) < 4.78 is 12.2. The Morgan fingerprint density at radius 1 is 1.22 bits per heavy atom. The zero-order chi connectivity index (χ0) is 6.69. The first-order valence-electron chi connectivity index (χ1n) is 2.50. The van der Waals surface area contributed by atoms with Crippen molar-refractivity contribution in [3.05, 3.63) is 30.1 Å². The number of hydrogen-bond acceptors (Lipinski definition) is 0. The average Bonchev–Trinajstić information content (AvgIpc) is 1.90. The molecule has 0 heterocycles. The minimum atomic E-state index is -0.201. The minimum absolute atomic E-state index is 0.201. The van der Waals surface area contributed by atoms with Gasteiger partial charge < -0.3 is 0 Å². The van der Waals surface area contributed by atoms with Crippen LogP contribution >= 0.6 is 0 Å². The maximum absolute atomic E-state index is 12.2. The molecule has 0 atom stereocenters. The van der Waals surface area contributed by atoms with Gasteiger partial charge in [0.05, 0.1) is 0 Å². The second-order valence-corrected chi connectivity index (χ2v) is 2.36. The zero-order valence-corrected chi connectivity index (χ0v) is 5.62. The van der Waals surface area contributed by atoms with Crippen LogP contribution in [-0.2, 0) is 11.4 Å². The van der Waals surface area contributed by atoms with Gasteiger partial charge in [0.2, 0.25) is 16.2 Å². The molecule has 0 unspecified atom stereocenters. The highest BCUT2D eigenvalue weighted by Gasteiger charge is 1.96. The molecule has 0 aliphatic heterocycles. The fourth-order valence-corrected chi connectivity index (χ4v) is 0.859. The Hall–Kier alpha value is -0.760. The van der Waals surface area contributed by atoms with E-state index in [-0.39, 0.29) is 5.82 Å². The lowest BCUT2D eigenvalue weighted by atomic mass is 10.4. The molecule has 1 rings (SSSR count). The molecule has 0 saturated carbocycles. The minimum Gasteiger partial charge on any atom is -0.207 e. The van der Waals surface area contributed by atoms with Gasteiger partial charge in [-0.1, -0.05) is 0 Å². The van der Waals surface area contributed by atoms with Gasteiger partial charge >= 0.3 is 0 Å². The fraction of sp³-hybridized carbons (Fsp3) is 0. The molecule has 46 valence electrons. The molecule has 0 bridgehead atoms. The molecule has 0 spiro atoms. The summed E-state index contributed by atoms with van der Waals surface area (Å²) in [4.78, 5) is 0.983. The van der Waals surface area contributed by atoms with Crippen LogP contribution in [0.25, 0.3) is 0 Å². The van der Waals surface area contributed by atoms with E-state index in [1.165, 1.54) is 23.5 Å². The molecule has 0 nitrogen and oxygen atoms in total. The molecule has 0 radical (unpaired) electrons. The van der Waals surface area contributed by atoms with E-state index in [1.807, 2.05) is 0 Å². The lowest BCUT2D eigenvalue weighted by Crippen LogP contribution is -1.73. The molecule has 9 heavy (non-hydrogen) atoms. The highest BCUT2D eigenvalue weighted by atomic mass is 32.1. The van der Waals surface area contributed by atoms with Crippen LogP contribution in [0.1, 0.15) is 0 Å². The van der Waals surface area contributed by atoms with Crippen molar-refractivity contribution in [2.45, 2.75) is 4.90 Å². The van der Waals surface area contributed by atoms with Crippen LogP contribution in [0.4, 0.5) is 4.39 Å². The summed E-state index contributed by atoms with van der Waals surface area (Å²) in [5.41, 5.74) is 0. The fourth-order valence-electron chi connectivity index (χ4n) is 0.531. The molecule has 2 heteroatoms. The third kappa shape index (κ3) is 1.57. The van der Waals surface area contributed by atoms with Gasteiger partial charge in [-0.15, -0.1) is 0 Å². The Kier molecular flexibility index (Phi) is 1.90. The van der Waals surface area contributed by atoms with Crippen molar-refractivity contribution < 1.29 is 4.39 Å². The van der Waals surface area contributed by atoms with Crippen LogP contribution in [0.15, 0.2) is 29.2 Å². The van der Waals surface area contributed by atoms with Crippen LogP contribution in [0.2, 0.25) is 0 Å². The highest BCUT2D eigenvalue weighted by Crippen LogP contribution is 2.00. The van der Waals surface area contributed by atoms with Crippen molar-refractivity contribution in [1.29, 1.82) is 0 Å². The molecular weight excluding hydrogens is 135 g/mol. The maximum atomic E-state index is 12.2. The maximum Gasteiger partial charge on any atom is 0.230 e. The Bertz CT molecular complexity index is 203. The second-order valence-electron chi connectivity index (χ2n) is 1.60. The molecule has 0 amide bonds. The van der Waals surface area contributed by atoms with Crippen LogP contribution in [-0.4, -0.2) is 5.87 Å². The van der Waals surface area contributed by atoms with Crippen molar-refractivity contribution >= 4 is 17.2 Å². The van der Waals surface area contributed by atoms with Gasteiger partial charge in [-0.3, -0.25) is 0 Å². The lowest BCUT2D eigenvalue weighted by Gasteiger charge is -1.80. The number of hydrogen-bond donors (Lipinski definition) is 0. The molecule has 0 aromatic heterocycles.